The molecule has 1 aromatic rings. The lowest BCUT2D eigenvalue weighted by Gasteiger charge is -2.33. The standard InChI is InChI=1S/C17H29NS/c1-4-15(16-8-7-11-19-16)18-13-17(12-14(2)3)9-5-6-10-17/h7-8,11,14-15,18H,4-6,9-10,12-13H2,1-3H3. The summed E-state index contributed by atoms with van der Waals surface area (Å²) in [5, 5.41) is 6.06. The van der Waals surface area contributed by atoms with Crippen LogP contribution in [0.1, 0.15) is 70.2 Å². The van der Waals surface area contributed by atoms with E-state index in [2.05, 4.69) is 43.6 Å². The van der Waals surface area contributed by atoms with Crippen LogP contribution in [0.2, 0.25) is 0 Å². The van der Waals surface area contributed by atoms with Gasteiger partial charge in [-0.2, -0.15) is 0 Å². The molecule has 1 nitrogen and oxygen atoms in total. The molecule has 1 N–H and O–H groups in total. The molecule has 2 heteroatoms. The van der Waals surface area contributed by atoms with E-state index in [1.165, 1.54) is 49.9 Å². The number of nitrogens with one attached hydrogen (secondary N) is 1. The van der Waals surface area contributed by atoms with Crippen LogP contribution in [0, 0.1) is 11.3 Å². The van der Waals surface area contributed by atoms with Gasteiger partial charge in [-0.15, -0.1) is 11.3 Å². The molecule has 0 aliphatic heterocycles. The lowest BCUT2D eigenvalue weighted by atomic mass is 9.78. The van der Waals surface area contributed by atoms with Crippen LogP contribution in [0.15, 0.2) is 17.5 Å². The van der Waals surface area contributed by atoms with Gasteiger partial charge in [-0.1, -0.05) is 39.7 Å². The molecule has 1 fully saturated rings. The Morgan fingerprint density at radius 2 is 2.05 bits per heavy atom. The molecule has 1 aliphatic rings. The molecular weight excluding hydrogens is 250 g/mol. The maximum absolute atomic E-state index is 3.87. The van der Waals surface area contributed by atoms with Crippen molar-refractivity contribution in [3.05, 3.63) is 22.4 Å². The summed E-state index contributed by atoms with van der Waals surface area (Å²) >= 11 is 1.89. The normalized spacial score (nSPS) is 20.0. The van der Waals surface area contributed by atoms with Gasteiger partial charge in [-0.3, -0.25) is 0 Å². The zero-order chi connectivity index (χ0) is 13.7. The second kappa shape index (κ2) is 6.90. The Morgan fingerprint density at radius 1 is 1.32 bits per heavy atom. The molecule has 1 unspecified atom stereocenters. The van der Waals surface area contributed by atoms with Crippen LogP contribution in [0.5, 0.6) is 0 Å². The van der Waals surface area contributed by atoms with E-state index < -0.39 is 0 Å². The topological polar surface area (TPSA) is 12.0 Å². The third-order valence-electron chi connectivity index (χ3n) is 4.52. The molecule has 1 atom stereocenters. The van der Waals surface area contributed by atoms with Crippen LogP contribution in [0.25, 0.3) is 0 Å². The van der Waals surface area contributed by atoms with E-state index in [-0.39, 0.29) is 0 Å². The molecule has 1 aliphatic carbocycles. The molecule has 1 saturated carbocycles. The zero-order valence-electron chi connectivity index (χ0n) is 12.7. The quantitative estimate of drug-likeness (QED) is 0.705. The van der Waals surface area contributed by atoms with E-state index in [9.17, 15) is 0 Å². The maximum atomic E-state index is 3.87. The van der Waals surface area contributed by atoms with Gasteiger partial charge in [0.05, 0.1) is 0 Å². The van der Waals surface area contributed by atoms with Crippen molar-refractivity contribution in [1.29, 1.82) is 0 Å². The lowest BCUT2D eigenvalue weighted by Crippen LogP contribution is -2.35. The second-order valence-electron chi connectivity index (χ2n) is 6.66. The minimum absolute atomic E-state index is 0.560. The Hall–Kier alpha value is -0.340. The van der Waals surface area contributed by atoms with Crippen molar-refractivity contribution in [1.82, 2.24) is 5.32 Å². The number of rotatable bonds is 7. The van der Waals surface area contributed by atoms with Crippen LogP contribution in [-0.4, -0.2) is 6.54 Å². The van der Waals surface area contributed by atoms with Crippen LogP contribution in [0.4, 0.5) is 0 Å². The summed E-state index contributed by atoms with van der Waals surface area (Å²) < 4.78 is 0. The lowest BCUT2D eigenvalue weighted by molar-refractivity contribution is 0.214. The predicted octanol–water partition coefficient (Wildman–Crippen LogP) is 5.40. The van der Waals surface area contributed by atoms with Crippen LogP contribution in [-0.2, 0) is 0 Å². The highest BCUT2D eigenvalue weighted by atomic mass is 32.1. The number of hydrogen-bond acceptors (Lipinski definition) is 2. The Morgan fingerprint density at radius 3 is 2.58 bits per heavy atom. The Labute approximate surface area is 122 Å². The Balaban J connectivity index is 1.94. The van der Waals surface area contributed by atoms with Crippen LogP contribution >= 0.6 is 11.3 Å². The van der Waals surface area contributed by atoms with Crippen LogP contribution < -0.4 is 5.32 Å². The fourth-order valence-corrected chi connectivity index (χ4v) is 4.61. The molecule has 19 heavy (non-hydrogen) atoms. The summed E-state index contributed by atoms with van der Waals surface area (Å²) in [7, 11) is 0. The summed E-state index contributed by atoms with van der Waals surface area (Å²) in [5.74, 6) is 0.821. The molecule has 0 radical (unpaired) electrons. The highest BCUT2D eigenvalue weighted by molar-refractivity contribution is 7.10. The molecule has 0 bridgehead atoms. The first kappa shape index (κ1) is 15.1. The van der Waals surface area contributed by atoms with Gasteiger partial charge in [0.1, 0.15) is 0 Å². The molecular formula is C17H29NS. The third kappa shape index (κ3) is 4.06. The highest BCUT2D eigenvalue weighted by Gasteiger charge is 2.34. The zero-order valence-corrected chi connectivity index (χ0v) is 13.6. The minimum atomic E-state index is 0.560. The fourth-order valence-electron chi connectivity index (χ4n) is 3.72. The van der Waals surface area contributed by atoms with E-state index in [4.69, 9.17) is 0 Å². The SMILES string of the molecule is CCC(NCC1(CC(C)C)CCCC1)c1cccs1. The molecule has 2 rings (SSSR count). The number of thiophene rings is 1. The summed E-state index contributed by atoms with van der Waals surface area (Å²) in [4.78, 5) is 1.50. The second-order valence-corrected chi connectivity index (χ2v) is 7.64. The summed E-state index contributed by atoms with van der Waals surface area (Å²) in [5.41, 5.74) is 0.582. The van der Waals surface area contributed by atoms with Crippen molar-refractivity contribution in [3.8, 4) is 0 Å². The van der Waals surface area contributed by atoms with Crippen molar-refractivity contribution >= 4 is 11.3 Å². The highest BCUT2D eigenvalue weighted by Crippen LogP contribution is 2.43. The van der Waals surface area contributed by atoms with Gasteiger partial charge in [0.2, 0.25) is 0 Å². The third-order valence-corrected chi connectivity index (χ3v) is 5.51. The average molecular weight is 279 g/mol. The smallest absolute Gasteiger partial charge is 0.0412 e. The van der Waals surface area contributed by atoms with Gasteiger partial charge < -0.3 is 5.32 Å². The van der Waals surface area contributed by atoms with E-state index >= 15 is 0 Å². The van der Waals surface area contributed by atoms with Gasteiger partial charge in [0.25, 0.3) is 0 Å². The van der Waals surface area contributed by atoms with Gasteiger partial charge in [-0.25, -0.2) is 0 Å². The largest absolute Gasteiger partial charge is 0.309 e. The minimum Gasteiger partial charge on any atom is -0.309 e. The summed E-state index contributed by atoms with van der Waals surface area (Å²) in [6.07, 6.45) is 8.31. The van der Waals surface area contributed by atoms with Crippen molar-refractivity contribution in [2.75, 3.05) is 6.54 Å². The van der Waals surface area contributed by atoms with E-state index in [1.54, 1.807) is 0 Å². The van der Waals surface area contributed by atoms with Crippen LogP contribution in [0.3, 0.4) is 0 Å². The molecule has 0 saturated heterocycles. The molecule has 0 spiro atoms. The summed E-state index contributed by atoms with van der Waals surface area (Å²) in [6.45, 7) is 8.25. The Kier molecular flexibility index (Phi) is 5.47. The molecule has 0 aromatic carbocycles. The molecule has 1 aromatic heterocycles. The first-order chi connectivity index (χ1) is 9.15. The molecule has 1 heterocycles. The van der Waals surface area contributed by atoms with Gasteiger partial charge in [0, 0.05) is 17.5 Å². The first-order valence-electron chi connectivity index (χ1n) is 7.92. The average Bonchev–Trinajstić information content (AvgIpc) is 3.01. The predicted molar refractivity (Wildman–Crippen MR) is 85.7 cm³/mol. The van der Waals surface area contributed by atoms with E-state index in [1.807, 2.05) is 11.3 Å². The van der Waals surface area contributed by atoms with Crippen molar-refractivity contribution in [3.63, 3.8) is 0 Å². The van der Waals surface area contributed by atoms with Gasteiger partial charge in [-0.05, 0) is 48.5 Å². The van der Waals surface area contributed by atoms with E-state index in [0.29, 0.717) is 11.5 Å². The monoisotopic (exact) mass is 279 g/mol. The van der Waals surface area contributed by atoms with Gasteiger partial charge >= 0.3 is 0 Å². The van der Waals surface area contributed by atoms with E-state index in [0.717, 1.165) is 5.92 Å². The molecule has 0 amide bonds. The maximum Gasteiger partial charge on any atom is 0.0412 e. The number of hydrogen-bond donors (Lipinski definition) is 1. The van der Waals surface area contributed by atoms with Gasteiger partial charge in [0.15, 0.2) is 0 Å². The Bertz CT molecular complexity index is 349. The summed E-state index contributed by atoms with van der Waals surface area (Å²) in [6, 6.07) is 5.00. The van der Waals surface area contributed by atoms with Crippen molar-refractivity contribution in [2.45, 2.75) is 65.3 Å². The van der Waals surface area contributed by atoms with Crippen molar-refractivity contribution < 1.29 is 0 Å². The van der Waals surface area contributed by atoms with Crippen molar-refractivity contribution in [2.24, 2.45) is 11.3 Å². The molecule has 108 valence electrons. The first-order valence-corrected chi connectivity index (χ1v) is 8.80. The fraction of sp³-hybridized carbons (Fsp3) is 0.765.